The van der Waals surface area contributed by atoms with Crippen LogP contribution in [0.4, 0.5) is 17.1 Å². The van der Waals surface area contributed by atoms with Crippen LogP contribution in [0.15, 0.2) is 97.1 Å². The van der Waals surface area contributed by atoms with E-state index in [9.17, 15) is 4.79 Å². The van der Waals surface area contributed by atoms with Crippen LogP contribution in [-0.2, 0) is 4.74 Å². The third kappa shape index (κ3) is 5.26. The summed E-state index contributed by atoms with van der Waals surface area (Å²) in [5.41, 5.74) is 10.4. The van der Waals surface area contributed by atoms with Crippen molar-refractivity contribution >= 4 is 28.6 Å². The van der Waals surface area contributed by atoms with Crippen LogP contribution in [0.5, 0.6) is 0 Å². The largest absolute Gasteiger partial charge is 0.450 e. The Morgan fingerprint density at radius 3 is 1.87 bits per heavy atom. The summed E-state index contributed by atoms with van der Waals surface area (Å²) in [5.74, 6) is -0.279. The molecule has 4 aromatic carbocycles. The molecule has 5 rings (SSSR count). The van der Waals surface area contributed by atoms with Crippen molar-refractivity contribution in [3.63, 3.8) is 0 Å². The lowest BCUT2D eigenvalue weighted by molar-refractivity contribution is 0.0468. The fourth-order valence-electron chi connectivity index (χ4n) is 5.01. The maximum Gasteiger partial charge on any atom is 0.339 e. The molecule has 0 aliphatic carbocycles. The number of esters is 1. The van der Waals surface area contributed by atoms with E-state index in [1.807, 2.05) is 52.5 Å². The topological polar surface area (TPSA) is 36.0 Å². The van der Waals surface area contributed by atoms with Crippen molar-refractivity contribution in [3.05, 3.63) is 119 Å². The number of anilines is 3. The standard InChI is InChI=1S/C34H35N3O2/c1-35(2)26-16-11-23(12-17-26)30(22-33-28-9-7-8-10-29(28)34(38)39-33)25-15-20-32(37(5)6)31(21-25)24-13-18-27(19-14-24)36(3)4/h7-22,33H,1-6H3. The molecule has 0 spiro atoms. The molecule has 0 saturated heterocycles. The van der Waals surface area contributed by atoms with Crippen molar-refractivity contribution in [1.29, 1.82) is 0 Å². The Labute approximate surface area is 231 Å². The van der Waals surface area contributed by atoms with E-state index < -0.39 is 6.10 Å². The number of fused-ring (bicyclic) bond motifs is 1. The molecule has 1 aliphatic heterocycles. The normalized spacial score (nSPS) is 14.6. The SMILES string of the molecule is CN(C)c1ccc(C(=CC2OC(=O)c3ccccc32)c2ccc(N(C)C)c(-c3ccc(N(C)C)cc3)c2)cc1. The van der Waals surface area contributed by atoms with Gasteiger partial charge in [-0.25, -0.2) is 4.79 Å². The molecule has 0 saturated carbocycles. The first-order valence-electron chi connectivity index (χ1n) is 13.1. The Hall–Kier alpha value is -4.51. The van der Waals surface area contributed by atoms with Crippen molar-refractivity contribution < 1.29 is 9.53 Å². The molecule has 0 N–H and O–H groups in total. The Morgan fingerprint density at radius 2 is 1.26 bits per heavy atom. The highest BCUT2D eigenvalue weighted by Crippen LogP contribution is 2.39. The lowest BCUT2D eigenvalue weighted by Gasteiger charge is -2.21. The second-order valence-corrected chi connectivity index (χ2v) is 10.5. The van der Waals surface area contributed by atoms with Gasteiger partial charge in [-0.2, -0.15) is 0 Å². The molecule has 0 bridgehead atoms. The molecule has 4 aromatic rings. The Balaban J connectivity index is 1.66. The van der Waals surface area contributed by atoms with Crippen LogP contribution in [0.25, 0.3) is 16.7 Å². The van der Waals surface area contributed by atoms with E-state index in [1.54, 1.807) is 0 Å². The highest BCUT2D eigenvalue weighted by Gasteiger charge is 2.29. The van der Waals surface area contributed by atoms with E-state index in [0.29, 0.717) is 5.56 Å². The number of hydrogen-bond donors (Lipinski definition) is 0. The maximum absolute atomic E-state index is 12.6. The second kappa shape index (κ2) is 10.7. The highest BCUT2D eigenvalue weighted by atomic mass is 16.5. The van der Waals surface area contributed by atoms with Gasteiger partial charge in [-0.15, -0.1) is 0 Å². The zero-order chi connectivity index (χ0) is 27.7. The summed E-state index contributed by atoms with van der Waals surface area (Å²) in [6.45, 7) is 0. The summed E-state index contributed by atoms with van der Waals surface area (Å²) >= 11 is 0. The number of carbonyl (C=O) groups is 1. The van der Waals surface area contributed by atoms with Gasteiger partial charge in [-0.05, 0) is 70.8 Å². The molecule has 0 aromatic heterocycles. The van der Waals surface area contributed by atoms with Gasteiger partial charge in [0.2, 0.25) is 0 Å². The average molecular weight is 518 g/mol. The molecule has 5 nitrogen and oxygen atoms in total. The molecule has 1 heterocycles. The number of hydrogen-bond acceptors (Lipinski definition) is 5. The lowest BCUT2D eigenvalue weighted by Crippen LogP contribution is -2.11. The zero-order valence-electron chi connectivity index (χ0n) is 23.5. The van der Waals surface area contributed by atoms with Crippen molar-refractivity contribution in [2.45, 2.75) is 6.10 Å². The van der Waals surface area contributed by atoms with Gasteiger partial charge in [0.25, 0.3) is 0 Å². The minimum absolute atomic E-state index is 0.279. The molecule has 198 valence electrons. The van der Waals surface area contributed by atoms with Crippen LogP contribution < -0.4 is 14.7 Å². The van der Waals surface area contributed by atoms with Gasteiger partial charge < -0.3 is 19.4 Å². The molecule has 39 heavy (non-hydrogen) atoms. The summed E-state index contributed by atoms with van der Waals surface area (Å²) < 4.78 is 5.84. The van der Waals surface area contributed by atoms with Crippen molar-refractivity contribution in [2.24, 2.45) is 0 Å². The minimum atomic E-state index is -0.450. The number of cyclic esters (lactones) is 1. The van der Waals surface area contributed by atoms with E-state index in [1.165, 1.54) is 0 Å². The molecule has 0 radical (unpaired) electrons. The molecule has 5 heteroatoms. The summed E-state index contributed by atoms with van der Waals surface area (Å²) in [6, 6.07) is 31.3. The van der Waals surface area contributed by atoms with Gasteiger partial charge in [-0.3, -0.25) is 0 Å². The van der Waals surface area contributed by atoms with Gasteiger partial charge in [0.15, 0.2) is 0 Å². The molecular weight excluding hydrogens is 482 g/mol. The average Bonchev–Trinajstić information content (AvgIpc) is 3.26. The molecule has 1 atom stereocenters. The van der Waals surface area contributed by atoms with E-state index in [-0.39, 0.29) is 5.97 Å². The predicted octanol–water partition coefficient (Wildman–Crippen LogP) is 6.90. The van der Waals surface area contributed by atoms with Crippen LogP contribution in [0.1, 0.15) is 33.2 Å². The van der Waals surface area contributed by atoms with E-state index in [4.69, 9.17) is 4.74 Å². The fraction of sp³-hybridized carbons (Fsp3) is 0.206. The molecule has 1 unspecified atom stereocenters. The van der Waals surface area contributed by atoms with Gasteiger partial charge in [-0.1, -0.05) is 48.5 Å². The minimum Gasteiger partial charge on any atom is -0.450 e. The predicted molar refractivity (Wildman–Crippen MR) is 163 cm³/mol. The van der Waals surface area contributed by atoms with E-state index in [0.717, 1.165) is 50.5 Å². The van der Waals surface area contributed by atoms with Gasteiger partial charge in [0.1, 0.15) is 6.10 Å². The van der Waals surface area contributed by atoms with Gasteiger partial charge >= 0.3 is 5.97 Å². The molecule has 0 amide bonds. The van der Waals surface area contributed by atoms with Crippen LogP contribution in [0.2, 0.25) is 0 Å². The Kier molecular flexibility index (Phi) is 7.16. The Bertz CT molecular complexity index is 1520. The van der Waals surface area contributed by atoms with Crippen LogP contribution >= 0.6 is 0 Å². The van der Waals surface area contributed by atoms with Gasteiger partial charge in [0.05, 0.1) is 5.56 Å². The number of benzene rings is 4. The number of carbonyl (C=O) groups excluding carboxylic acids is 1. The zero-order valence-corrected chi connectivity index (χ0v) is 23.5. The molecule has 0 fully saturated rings. The second-order valence-electron chi connectivity index (χ2n) is 10.5. The van der Waals surface area contributed by atoms with Crippen molar-refractivity contribution in [1.82, 2.24) is 0 Å². The summed E-state index contributed by atoms with van der Waals surface area (Å²) in [6.07, 6.45) is 1.63. The number of rotatable bonds is 7. The van der Waals surface area contributed by atoms with Crippen LogP contribution in [0.3, 0.4) is 0 Å². The van der Waals surface area contributed by atoms with Crippen LogP contribution in [0, 0.1) is 0 Å². The summed E-state index contributed by atoms with van der Waals surface area (Å²) in [7, 11) is 12.3. The van der Waals surface area contributed by atoms with E-state index in [2.05, 4.69) is 102 Å². The van der Waals surface area contributed by atoms with Crippen LogP contribution in [-0.4, -0.2) is 48.3 Å². The Morgan fingerprint density at radius 1 is 0.667 bits per heavy atom. The fourth-order valence-corrected chi connectivity index (χ4v) is 5.01. The first kappa shape index (κ1) is 26.1. The smallest absolute Gasteiger partial charge is 0.339 e. The first-order valence-corrected chi connectivity index (χ1v) is 13.1. The summed E-state index contributed by atoms with van der Waals surface area (Å²) in [4.78, 5) is 19.0. The number of ether oxygens (including phenoxy) is 1. The van der Waals surface area contributed by atoms with E-state index >= 15 is 0 Å². The van der Waals surface area contributed by atoms with Gasteiger partial charge in [0, 0.05) is 70.5 Å². The monoisotopic (exact) mass is 517 g/mol. The molecule has 1 aliphatic rings. The molecular formula is C34H35N3O2. The maximum atomic E-state index is 12.6. The highest BCUT2D eigenvalue weighted by molar-refractivity contribution is 5.95. The quantitative estimate of drug-likeness (QED) is 0.249. The number of nitrogens with zero attached hydrogens (tertiary/aromatic N) is 3. The first-order chi connectivity index (χ1) is 18.7. The third-order valence-corrected chi connectivity index (χ3v) is 7.22. The summed E-state index contributed by atoms with van der Waals surface area (Å²) in [5, 5.41) is 0. The third-order valence-electron chi connectivity index (χ3n) is 7.22. The lowest BCUT2D eigenvalue weighted by atomic mass is 9.91. The van der Waals surface area contributed by atoms with Crippen molar-refractivity contribution in [3.8, 4) is 11.1 Å². The van der Waals surface area contributed by atoms with Crippen molar-refractivity contribution in [2.75, 3.05) is 57.0 Å².